The van der Waals surface area contributed by atoms with E-state index < -0.39 is 37.9 Å². The fourth-order valence-corrected chi connectivity index (χ4v) is 3.16. The Morgan fingerprint density at radius 2 is 1.70 bits per heavy atom. The number of sulfonamides is 1. The summed E-state index contributed by atoms with van der Waals surface area (Å²) in [5, 5.41) is 0. The van der Waals surface area contributed by atoms with Crippen LogP contribution in [0.4, 0.5) is 13.2 Å². The van der Waals surface area contributed by atoms with E-state index >= 15 is 0 Å². The van der Waals surface area contributed by atoms with Crippen LogP contribution in [0.25, 0.3) is 0 Å². The van der Waals surface area contributed by atoms with E-state index in [4.69, 9.17) is 5.73 Å². The predicted octanol–water partition coefficient (Wildman–Crippen LogP) is 1.69. The van der Waals surface area contributed by atoms with E-state index in [1.54, 1.807) is 0 Å². The van der Waals surface area contributed by atoms with Crippen molar-refractivity contribution in [2.75, 3.05) is 6.54 Å². The summed E-state index contributed by atoms with van der Waals surface area (Å²) >= 11 is 0. The minimum absolute atomic E-state index is 0. The number of nitrogens with one attached hydrogen (secondary N) is 1. The lowest BCUT2D eigenvalue weighted by atomic mass is 9.78. The number of nitrogens with two attached hydrogens (primary N) is 1. The molecule has 0 amide bonds. The Bertz CT molecular complexity index is 583. The highest BCUT2D eigenvalue weighted by Crippen LogP contribution is 2.29. The Hall–Kier alpha value is -0.830. The Kier molecular flexibility index (Phi) is 5.07. The van der Waals surface area contributed by atoms with Gasteiger partial charge in [0, 0.05) is 24.2 Å². The van der Waals surface area contributed by atoms with Crippen molar-refractivity contribution in [3.8, 4) is 0 Å². The number of hydrogen-bond donors (Lipinski definition) is 2. The molecule has 0 heterocycles. The van der Waals surface area contributed by atoms with Crippen molar-refractivity contribution in [3.63, 3.8) is 0 Å². The zero-order valence-corrected chi connectivity index (χ0v) is 12.0. The van der Waals surface area contributed by atoms with Gasteiger partial charge in [0.15, 0.2) is 4.90 Å². The summed E-state index contributed by atoms with van der Waals surface area (Å²) in [6.07, 6.45) is 2.17. The van der Waals surface area contributed by atoms with E-state index in [2.05, 4.69) is 4.72 Å². The topological polar surface area (TPSA) is 72.2 Å². The highest BCUT2D eigenvalue weighted by molar-refractivity contribution is 7.89. The fraction of sp³-hybridized carbons (Fsp3) is 0.455. The summed E-state index contributed by atoms with van der Waals surface area (Å²) in [7, 11) is -4.39. The summed E-state index contributed by atoms with van der Waals surface area (Å²) in [5.41, 5.74) is 5.15. The van der Waals surface area contributed by atoms with Crippen LogP contribution in [0.3, 0.4) is 0 Å². The lowest BCUT2D eigenvalue weighted by Gasteiger charge is -2.38. The molecular weight excluding hydrogens is 317 g/mol. The van der Waals surface area contributed by atoms with Crippen molar-refractivity contribution in [2.24, 2.45) is 5.73 Å². The number of halogens is 4. The van der Waals surface area contributed by atoms with Gasteiger partial charge >= 0.3 is 0 Å². The second-order valence-electron chi connectivity index (χ2n) is 4.74. The molecule has 1 aromatic rings. The molecule has 114 valence electrons. The van der Waals surface area contributed by atoms with Crippen LogP contribution in [0.5, 0.6) is 0 Å². The first-order valence-corrected chi connectivity index (χ1v) is 7.15. The van der Waals surface area contributed by atoms with Crippen LogP contribution in [0.15, 0.2) is 17.0 Å². The van der Waals surface area contributed by atoms with Gasteiger partial charge in [0.05, 0.1) is 0 Å². The van der Waals surface area contributed by atoms with Crippen LogP contribution in [0.2, 0.25) is 0 Å². The quantitative estimate of drug-likeness (QED) is 0.882. The smallest absolute Gasteiger partial charge is 0.246 e. The molecule has 9 heteroatoms. The van der Waals surface area contributed by atoms with E-state index in [0.29, 0.717) is 25.0 Å². The average molecular weight is 331 g/mol. The third-order valence-corrected chi connectivity index (χ3v) is 4.65. The molecule has 0 aliphatic heterocycles. The van der Waals surface area contributed by atoms with Crippen molar-refractivity contribution in [3.05, 3.63) is 29.6 Å². The molecule has 0 spiro atoms. The van der Waals surface area contributed by atoms with Gasteiger partial charge in [0.1, 0.15) is 17.5 Å². The van der Waals surface area contributed by atoms with Crippen LogP contribution < -0.4 is 10.5 Å². The molecule has 1 saturated carbocycles. The Morgan fingerprint density at radius 1 is 1.20 bits per heavy atom. The lowest BCUT2D eigenvalue weighted by Crippen LogP contribution is -2.54. The number of rotatable bonds is 4. The van der Waals surface area contributed by atoms with Gasteiger partial charge in [0.25, 0.3) is 0 Å². The Labute approximate surface area is 121 Å². The van der Waals surface area contributed by atoms with E-state index in [-0.39, 0.29) is 19.0 Å². The van der Waals surface area contributed by atoms with E-state index in [0.717, 1.165) is 6.42 Å². The van der Waals surface area contributed by atoms with Crippen molar-refractivity contribution in [1.29, 1.82) is 0 Å². The molecule has 20 heavy (non-hydrogen) atoms. The standard InChI is InChI=1S/C11H13F3N2O2S.ClH/c12-7-4-8(13)10(9(14)5-7)19(17,18)16-6-11(15)2-1-3-11;/h4-5,16H,1-3,6,15H2;1H. The van der Waals surface area contributed by atoms with E-state index in [1.807, 2.05) is 0 Å². The summed E-state index contributed by atoms with van der Waals surface area (Å²) < 4.78 is 65.2. The van der Waals surface area contributed by atoms with E-state index in [1.165, 1.54) is 0 Å². The van der Waals surface area contributed by atoms with Crippen LogP contribution in [-0.4, -0.2) is 20.5 Å². The molecule has 1 aliphatic rings. The molecule has 0 atom stereocenters. The van der Waals surface area contributed by atoms with E-state index in [9.17, 15) is 21.6 Å². The summed E-state index contributed by atoms with van der Waals surface area (Å²) in [5.74, 6) is -4.11. The minimum Gasteiger partial charge on any atom is -0.324 e. The maximum absolute atomic E-state index is 13.4. The van der Waals surface area contributed by atoms with Crippen LogP contribution >= 0.6 is 12.4 Å². The zero-order chi connectivity index (χ0) is 14.3. The predicted molar refractivity (Wildman–Crippen MR) is 69.5 cm³/mol. The second kappa shape index (κ2) is 5.88. The molecule has 3 N–H and O–H groups in total. The van der Waals surface area contributed by atoms with Gasteiger partial charge in [-0.05, 0) is 19.3 Å². The Morgan fingerprint density at radius 3 is 2.10 bits per heavy atom. The molecule has 1 fully saturated rings. The normalized spacial score (nSPS) is 17.2. The highest BCUT2D eigenvalue weighted by Gasteiger charge is 2.35. The van der Waals surface area contributed by atoms with Crippen LogP contribution in [0.1, 0.15) is 19.3 Å². The number of benzene rings is 1. The van der Waals surface area contributed by atoms with Gasteiger partial charge in [-0.15, -0.1) is 12.4 Å². The van der Waals surface area contributed by atoms with Crippen molar-refractivity contribution in [1.82, 2.24) is 4.72 Å². The molecule has 0 saturated heterocycles. The van der Waals surface area contributed by atoms with Gasteiger partial charge in [-0.1, -0.05) is 0 Å². The van der Waals surface area contributed by atoms with Crippen molar-refractivity contribution < 1.29 is 21.6 Å². The third kappa shape index (κ3) is 3.43. The summed E-state index contributed by atoms with van der Waals surface area (Å²) in [4.78, 5) is -1.18. The van der Waals surface area contributed by atoms with Gasteiger partial charge in [-0.25, -0.2) is 26.3 Å². The second-order valence-corrected chi connectivity index (χ2v) is 6.44. The van der Waals surface area contributed by atoms with Gasteiger partial charge in [-0.3, -0.25) is 0 Å². The molecule has 0 radical (unpaired) electrons. The first kappa shape index (κ1) is 17.2. The monoisotopic (exact) mass is 330 g/mol. The molecular formula is C11H14ClF3N2O2S. The number of hydrogen-bond acceptors (Lipinski definition) is 3. The SMILES string of the molecule is Cl.NC1(CNS(=O)(=O)c2c(F)cc(F)cc2F)CCC1. The maximum atomic E-state index is 13.4. The van der Waals surface area contributed by atoms with Crippen LogP contribution in [0, 0.1) is 17.5 Å². The molecule has 0 unspecified atom stereocenters. The van der Waals surface area contributed by atoms with Gasteiger partial charge in [0.2, 0.25) is 10.0 Å². The summed E-state index contributed by atoms with van der Waals surface area (Å²) in [6, 6.07) is 0.637. The van der Waals surface area contributed by atoms with Gasteiger partial charge < -0.3 is 5.73 Å². The largest absolute Gasteiger partial charge is 0.324 e. The molecule has 1 aromatic carbocycles. The van der Waals surface area contributed by atoms with Gasteiger partial charge in [-0.2, -0.15) is 0 Å². The molecule has 0 bridgehead atoms. The van der Waals surface area contributed by atoms with Crippen molar-refractivity contribution in [2.45, 2.75) is 29.7 Å². The minimum atomic E-state index is -4.39. The average Bonchev–Trinajstić information content (AvgIpc) is 2.22. The first-order chi connectivity index (χ1) is 8.73. The summed E-state index contributed by atoms with van der Waals surface area (Å²) in [6.45, 7) is -0.106. The molecule has 0 aromatic heterocycles. The highest BCUT2D eigenvalue weighted by atomic mass is 35.5. The Balaban J connectivity index is 0.00000200. The first-order valence-electron chi connectivity index (χ1n) is 5.67. The third-order valence-electron chi connectivity index (χ3n) is 3.20. The fourth-order valence-electron chi connectivity index (χ4n) is 1.90. The molecule has 4 nitrogen and oxygen atoms in total. The maximum Gasteiger partial charge on any atom is 0.246 e. The molecule has 2 rings (SSSR count). The molecule has 1 aliphatic carbocycles. The van der Waals surface area contributed by atoms with Crippen LogP contribution in [-0.2, 0) is 10.0 Å². The zero-order valence-electron chi connectivity index (χ0n) is 10.3. The lowest BCUT2D eigenvalue weighted by molar-refractivity contribution is 0.250. The van der Waals surface area contributed by atoms with Crippen molar-refractivity contribution >= 4 is 22.4 Å².